The molecule has 5 rings (SSSR count). The number of hydrogen-bond donors (Lipinski definition) is 1. The molecule has 0 amide bonds. The van der Waals surface area contributed by atoms with Gasteiger partial charge in [0, 0.05) is 23.0 Å². The molecule has 0 spiro atoms. The number of hydrogen-bond acceptors (Lipinski definition) is 4. The molecule has 1 saturated carbocycles. The largest absolute Gasteiger partial charge is 0.309 e. The number of H-pyrrole nitrogens is 1. The second-order valence-corrected chi connectivity index (χ2v) is 9.42. The van der Waals surface area contributed by atoms with Gasteiger partial charge in [-0.15, -0.1) is 11.3 Å². The molecule has 0 unspecified atom stereocenters. The Labute approximate surface area is 180 Å². The van der Waals surface area contributed by atoms with Crippen molar-refractivity contribution in [3.63, 3.8) is 0 Å². The van der Waals surface area contributed by atoms with Crippen molar-refractivity contribution in [1.29, 1.82) is 0 Å². The number of aromatic nitrogens is 2. The molecule has 30 heavy (non-hydrogen) atoms. The zero-order chi connectivity index (χ0) is 20.7. The molecule has 0 saturated heterocycles. The molecule has 4 nitrogen and oxygen atoms in total. The lowest BCUT2D eigenvalue weighted by molar-refractivity contribution is 0.239. The molecule has 0 radical (unpaired) electrons. The molecule has 0 aliphatic heterocycles. The Balaban J connectivity index is 1.49. The Morgan fingerprint density at radius 1 is 1.03 bits per heavy atom. The van der Waals surface area contributed by atoms with Crippen molar-refractivity contribution in [2.45, 2.75) is 45.8 Å². The van der Waals surface area contributed by atoms with E-state index in [1.165, 1.54) is 24.0 Å². The first-order chi connectivity index (χ1) is 14.6. The van der Waals surface area contributed by atoms with Gasteiger partial charge in [0.05, 0.1) is 11.9 Å². The summed E-state index contributed by atoms with van der Waals surface area (Å²) in [6.07, 6.45) is 2.43. The van der Waals surface area contributed by atoms with Crippen molar-refractivity contribution >= 4 is 21.6 Å². The maximum Gasteiger partial charge on any atom is 0.260 e. The first-order valence-electron chi connectivity index (χ1n) is 10.5. The van der Waals surface area contributed by atoms with Gasteiger partial charge in [0.2, 0.25) is 0 Å². The molecule has 152 valence electrons. The molecule has 0 bridgehead atoms. The van der Waals surface area contributed by atoms with Crippen molar-refractivity contribution in [2.75, 3.05) is 0 Å². The van der Waals surface area contributed by atoms with E-state index in [9.17, 15) is 4.79 Å². The minimum absolute atomic E-state index is 0.0367. The molecule has 1 N–H and O–H groups in total. The normalized spacial score (nSPS) is 14.0. The lowest BCUT2D eigenvalue weighted by Crippen LogP contribution is -2.27. The summed E-state index contributed by atoms with van der Waals surface area (Å²) in [5, 5.41) is 0.714. The Bertz CT molecular complexity index is 1240. The van der Waals surface area contributed by atoms with Gasteiger partial charge in [0.1, 0.15) is 10.7 Å². The fourth-order valence-corrected chi connectivity index (χ4v) is 5.13. The van der Waals surface area contributed by atoms with E-state index in [4.69, 9.17) is 4.98 Å². The maximum atomic E-state index is 13.1. The summed E-state index contributed by atoms with van der Waals surface area (Å²) in [4.78, 5) is 25.4. The third kappa shape index (κ3) is 3.83. The lowest BCUT2D eigenvalue weighted by Gasteiger charge is -2.21. The summed E-state index contributed by atoms with van der Waals surface area (Å²) in [5.41, 5.74) is 4.56. The summed E-state index contributed by atoms with van der Waals surface area (Å²) < 4.78 is 0. The lowest BCUT2D eigenvalue weighted by atomic mass is 10.0. The number of fused-ring (bicyclic) bond motifs is 1. The monoisotopic (exact) mass is 415 g/mol. The molecule has 1 aliphatic rings. The van der Waals surface area contributed by atoms with Crippen molar-refractivity contribution in [1.82, 2.24) is 14.9 Å². The average molecular weight is 416 g/mol. The SMILES string of the molecule is Cc1ccc(-c2c(C)sc3nc(CN(Cc4ccccc4)C4CC4)[nH]c(=O)c23)cc1. The van der Waals surface area contributed by atoms with Crippen molar-refractivity contribution in [2.24, 2.45) is 0 Å². The first-order valence-corrected chi connectivity index (χ1v) is 11.3. The summed E-state index contributed by atoms with van der Waals surface area (Å²) >= 11 is 1.61. The fraction of sp³-hybridized carbons (Fsp3) is 0.280. The van der Waals surface area contributed by atoms with Crippen molar-refractivity contribution in [3.8, 4) is 11.1 Å². The van der Waals surface area contributed by atoms with Crippen LogP contribution in [-0.2, 0) is 13.1 Å². The zero-order valence-electron chi connectivity index (χ0n) is 17.3. The van der Waals surface area contributed by atoms with Gasteiger partial charge < -0.3 is 4.98 Å². The van der Waals surface area contributed by atoms with Crippen LogP contribution in [0.2, 0.25) is 0 Å². The van der Waals surface area contributed by atoms with Crippen molar-refractivity contribution < 1.29 is 0 Å². The van der Waals surface area contributed by atoms with Crippen LogP contribution >= 0.6 is 11.3 Å². The highest BCUT2D eigenvalue weighted by Crippen LogP contribution is 2.36. The summed E-state index contributed by atoms with van der Waals surface area (Å²) in [5.74, 6) is 0.757. The van der Waals surface area contributed by atoms with E-state index in [-0.39, 0.29) is 5.56 Å². The molecule has 2 aromatic heterocycles. The van der Waals surface area contributed by atoms with Gasteiger partial charge in [0.25, 0.3) is 5.56 Å². The molecule has 4 aromatic rings. The van der Waals surface area contributed by atoms with Gasteiger partial charge in [0.15, 0.2) is 0 Å². The van der Waals surface area contributed by atoms with Crippen LogP contribution < -0.4 is 5.56 Å². The van der Waals surface area contributed by atoms with Crippen LogP contribution in [0, 0.1) is 13.8 Å². The topological polar surface area (TPSA) is 49.0 Å². The minimum atomic E-state index is -0.0367. The van der Waals surface area contributed by atoms with Gasteiger partial charge in [-0.3, -0.25) is 9.69 Å². The van der Waals surface area contributed by atoms with Crippen LogP contribution in [0.3, 0.4) is 0 Å². The smallest absolute Gasteiger partial charge is 0.260 e. The minimum Gasteiger partial charge on any atom is -0.309 e. The molecule has 1 aliphatic carbocycles. The molecule has 2 heterocycles. The van der Waals surface area contributed by atoms with Crippen LogP contribution in [0.15, 0.2) is 59.4 Å². The van der Waals surface area contributed by atoms with Gasteiger partial charge in [-0.2, -0.15) is 0 Å². The first kappa shape index (κ1) is 19.2. The number of aryl methyl sites for hydroxylation is 2. The standard InChI is InChI=1S/C25H25N3OS/c1-16-8-10-19(11-9-16)22-17(2)30-25-23(22)24(29)26-21(27-25)15-28(20-12-13-20)14-18-6-4-3-5-7-18/h3-11,20H,12-15H2,1-2H3,(H,26,27,29). The number of aromatic amines is 1. The van der Waals surface area contributed by atoms with Crippen LogP contribution in [-0.4, -0.2) is 20.9 Å². The van der Waals surface area contributed by atoms with E-state index in [2.05, 4.69) is 72.3 Å². The molecule has 5 heteroatoms. The number of rotatable bonds is 6. The zero-order valence-corrected chi connectivity index (χ0v) is 18.1. The molecular formula is C25H25N3OS. The van der Waals surface area contributed by atoms with Crippen LogP contribution in [0.4, 0.5) is 0 Å². The van der Waals surface area contributed by atoms with E-state index < -0.39 is 0 Å². The highest BCUT2D eigenvalue weighted by Gasteiger charge is 2.29. The highest BCUT2D eigenvalue weighted by atomic mass is 32.1. The third-order valence-electron chi connectivity index (χ3n) is 5.77. The van der Waals surface area contributed by atoms with E-state index in [0.717, 1.165) is 33.2 Å². The molecule has 0 atom stereocenters. The highest BCUT2D eigenvalue weighted by molar-refractivity contribution is 7.19. The van der Waals surface area contributed by atoms with E-state index in [1.807, 2.05) is 6.07 Å². The Hall–Kier alpha value is -2.76. The Kier molecular flexibility index (Phi) is 5.01. The number of nitrogens with zero attached hydrogens (tertiary/aromatic N) is 2. The van der Waals surface area contributed by atoms with Crippen LogP contribution in [0.5, 0.6) is 0 Å². The van der Waals surface area contributed by atoms with Crippen LogP contribution in [0.25, 0.3) is 21.3 Å². The quantitative estimate of drug-likeness (QED) is 0.457. The van der Waals surface area contributed by atoms with E-state index in [1.54, 1.807) is 11.3 Å². The van der Waals surface area contributed by atoms with Gasteiger partial charge in [-0.1, -0.05) is 60.2 Å². The van der Waals surface area contributed by atoms with E-state index in [0.29, 0.717) is 18.0 Å². The molecule has 2 aromatic carbocycles. The predicted molar refractivity (Wildman–Crippen MR) is 124 cm³/mol. The summed E-state index contributed by atoms with van der Waals surface area (Å²) in [6.45, 7) is 5.70. The van der Waals surface area contributed by atoms with Crippen LogP contribution in [0.1, 0.15) is 34.7 Å². The number of benzene rings is 2. The molecule has 1 fully saturated rings. The second kappa shape index (κ2) is 7.82. The predicted octanol–water partition coefficient (Wildman–Crippen LogP) is 5.43. The third-order valence-corrected chi connectivity index (χ3v) is 6.77. The summed E-state index contributed by atoms with van der Waals surface area (Å²) in [7, 11) is 0. The maximum absolute atomic E-state index is 13.1. The van der Waals surface area contributed by atoms with Crippen molar-refractivity contribution in [3.05, 3.63) is 86.8 Å². The van der Waals surface area contributed by atoms with Gasteiger partial charge >= 0.3 is 0 Å². The Morgan fingerprint density at radius 2 is 1.77 bits per heavy atom. The molecular weight excluding hydrogens is 390 g/mol. The van der Waals surface area contributed by atoms with Gasteiger partial charge in [-0.25, -0.2) is 4.98 Å². The second-order valence-electron chi connectivity index (χ2n) is 8.21. The average Bonchev–Trinajstić information content (AvgIpc) is 3.52. The number of thiophene rings is 1. The fourth-order valence-electron chi connectivity index (χ4n) is 4.07. The van der Waals surface area contributed by atoms with Gasteiger partial charge in [-0.05, 0) is 37.8 Å². The summed E-state index contributed by atoms with van der Waals surface area (Å²) in [6, 6.07) is 19.5. The Morgan fingerprint density at radius 3 is 2.47 bits per heavy atom. The number of nitrogens with one attached hydrogen (secondary N) is 1. The van der Waals surface area contributed by atoms with E-state index >= 15 is 0 Å².